The fraction of sp³-hybridized carbons (Fsp3) is 0.346. The summed E-state index contributed by atoms with van der Waals surface area (Å²) >= 11 is 0. The third kappa shape index (κ3) is 5.12. The number of nitrogens with two attached hydrogens (primary N) is 1. The van der Waals surface area contributed by atoms with Crippen LogP contribution in [0.15, 0.2) is 53.8 Å². The lowest BCUT2D eigenvalue weighted by Gasteiger charge is -2.36. The first kappa shape index (κ1) is 25.0. The molecule has 2 aromatic heterocycles. The van der Waals surface area contributed by atoms with Gasteiger partial charge in [0, 0.05) is 37.3 Å². The second-order valence-corrected chi connectivity index (χ2v) is 9.92. The summed E-state index contributed by atoms with van der Waals surface area (Å²) in [5.74, 6) is -0.172. The molecule has 4 rings (SSSR count). The highest BCUT2D eigenvalue weighted by molar-refractivity contribution is 6.02. The van der Waals surface area contributed by atoms with Crippen molar-refractivity contribution < 1.29 is 9.18 Å². The third-order valence-electron chi connectivity index (χ3n) is 6.10. The molecule has 0 unspecified atom stereocenters. The van der Waals surface area contributed by atoms with Gasteiger partial charge in [-0.05, 0) is 42.7 Å². The van der Waals surface area contributed by atoms with Crippen LogP contribution < -0.4 is 5.73 Å². The van der Waals surface area contributed by atoms with Crippen LogP contribution in [0.2, 0.25) is 0 Å². The number of rotatable bonds is 4. The Bertz CT molecular complexity index is 1360. The minimum atomic E-state index is -0.311. The predicted octanol–water partition coefficient (Wildman–Crippen LogP) is 3.46. The van der Waals surface area contributed by atoms with Gasteiger partial charge < -0.3 is 15.5 Å². The molecule has 1 aliphatic heterocycles. The fourth-order valence-corrected chi connectivity index (χ4v) is 4.13. The average Bonchev–Trinajstić information content (AvgIpc) is 3.26. The first-order chi connectivity index (χ1) is 16.9. The number of piperazine rings is 1. The van der Waals surface area contributed by atoms with Crippen LogP contribution in [-0.2, 0) is 5.41 Å². The van der Waals surface area contributed by atoms with Gasteiger partial charge in [-0.2, -0.15) is 5.10 Å². The van der Waals surface area contributed by atoms with Crippen LogP contribution in [0.25, 0.3) is 16.9 Å². The number of imidazole rings is 1. The average molecular weight is 491 g/mol. The van der Waals surface area contributed by atoms with Crippen LogP contribution in [0.1, 0.15) is 43.7 Å². The van der Waals surface area contributed by atoms with E-state index in [4.69, 9.17) is 11.1 Å². The van der Waals surface area contributed by atoms with Crippen molar-refractivity contribution in [2.75, 3.05) is 26.2 Å². The maximum absolute atomic E-state index is 13.4. The van der Waals surface area contributed by atoms with E-state index in [1.54, 1.807) is 34.7 Å². The molecule has 188 valence electrons. The smallest absolute Gasteiger partial charge is 0.274 e. The molecule has 0 aliphatic carbocycles. The summed E-state index contributed by atoms with van der Waals surface area (Å²) in [6.07, 6.45) is 1.65. The molecule has 0 saturated carbocycles. The molecule has 36 heavy (non-hydrogen) atoms. The number of nitrogens with zero attached hydrogens (tertiary/aromatic N) is 6. The van der Waals surface area contributed by atoms with Gasteiger partial charge in [0.05, 0.1) is 23.4 Å². The molecule has 3 aromatic rings. The molecule has 0 atom stereocenters. The van der Waals surface area contributed by atoms with Crippen LogP contribution in [0.3, 0.4) is 0 Å². The van der Waals surface area contributed by atoms with E-state index in [0.717, 1.165) is 11.1 Å². The summed E-state index contributed by atoms with van der Waals surface area (Å²) in [4.78, 5) is 25.6. The first-order valence-electron chi connectivity index (χ1n) is 11.7. The molecular formula is C26H31FN8O. The third-order valence-corrected chi connectivity index (χ3v) is 6.10. The highest BCUT2D eigenvalue weighted by atomic mass is 19.1. The summed E-state index contributed by atoms with van der Waals surface area (Å²) in [5, 5.41) is 12.7. The molecule has 1 saturated heterocycles. The number of hydrogen-bond donors (Lipinski definition) is 2. The fourth-order valence-electron chi connectivity index (χ4n) is 4.13. The summed E-state index contributed by atoms with van der Waals surface area (Å²) in [7, 11) is 0. The van der Waals surface area contributed by atoms with Crippen LogP contribution >= 0.6 is 0 Å². The van der Waals surface area contributed by atoms with E-state index in [1.807, 2.05) is 11.0 Å². The van der Waals surface area contributed by atoms with Crippen molar-refractivity contribution in [1.29, 1.82) is 5.41 Å². The number of carbonyl (C=O) groups is 1. The van der Waals surface area contributed by atoms with Gasteiger partial charge in [-0.3, -0.25) is 10.2 Å². The van der Waals surface area contributed by atoms with Crippen molar-refractivity contribution in [2.45, 2.75) is 33.1 Å². The SMILES string of the molecule is C=C(C(=N)N=C(C)N)N1CCN(C(=O)c2cn3nc(-c4ccc(F)cc4)cc(C(C)(C)C)c3n2)CC1. The van der Waals surface area contributed by atoms with Gasteiger partial charge in [0.15, 0.2) is 11.5 Å². The number of halogens is 1. The van der Waals surface area contributed by atoms with Crippen molar-refractivity contribution in [3.63, 3.8) is 0 Å². The number of benzene rings is 1. The highest BCUT2D eigenvalue weighted by Gasteiger charge is 2.27. The van der Waals surface area contributed by atoms with Crippen LogP contribution in [0.5, 0.6) is 0 Å². The topological polar surface area (TPSA) is 116 Å². The van der Waals surface area contributed by atoms with Crippen molar-refractivity contribution in [1.82, 2.24) is 24.4 Å². The zero-order valence-corrected chi connectivity index (χ0v) is 21.0. The minimum Gasteiger partial charge on any atom is -0.387 e. The van der Waals surface area contributed by atoms with Crippen LogP contribution in [0.4, 0.5) is 4.39 Å². The Morgan fingerprint density at radius 2 is 1.75 bits per heavy atom. The zero-order chi connectivity index (χ0) is 26.2. The number of aromatic nitrogens is 3. The predicted molar refractivity (Wildman–Crippen MR) is 139 cm³/mol. The van der Waals surface area contributed by atoms with E-state index in [9.17, 15) is 9.18 Å². The number of fused-ring (bicyclic) bond motifs is 1. The molecule has 0 spiro atoms. The second kappa shape index (κ2) is 9.52. The monoisotopic (exact) mass is 490 g/mol. The van der Waals surface area contributed by atoms with E-state index >= 15 is 0 Å². The molecule has 10 heteroatoms. The Kier molecular flexibility index (Phi) is 6.62. The second-order valence-electron chi connectivity index (χ2n) is 9.92. The number of aliphatic imine (C=N–C) groups is 1. The largest absolute Gasteiger partial charge is 0.387 e. The number of carbonyl (C=O) groups excluding carboxylic acids is 1. The normalized spacial score (nSPS) is 14.9. The Morgan fingerprint density at radius 3 is 2.33 bits per heavy atom. The summed E-state index contributed by atoms with van der Waals surface area (Å²) < 4.78 is 15.1. The van der Waals surface area contributed by atoms with E-state index < -0.39 is 0 Å². The molecule has 3 N–H and O–H groups in total. The molecule has 1 fully saturated rings. The number of nitrogens with one attached hydrogen (secondary N) is 1. The Hall–Kier alpha value is -4.08. The van der Waals surface area contributed by atoms with E-state index in [0.29, 0.717) is 54.7 Å². The summed E-state index contributed by atoms with van der Waals surface area (Å²) in [6.45, 7) is 13.8. The van der Waals surface area contributed by atoms with Crippen LogP contribution in [0, 0.1) is 11.2 Å². The molecule has 3 heterocycles. The maximum atomic E-state index is 13.4. The van der Waals surface area contributed by atoms with Crippen molar-refractivity contribution in [2.24, 2.45) is 10.7 Å². The Morgan fingerprint density at radius 1 is 1.14 bits per heavy atom. The molecule has 0 radical (unpaired) electrons. The van der Waals surface area contributed by atoms with Crippen LogP contribution in [-0.4, -0.2) is 68.2 Å². The van der Waals surface area contributed by atoms with Gasteiger partial charge in [0.1, 0.15) is 11.5 Å². The number of hydrogen-bond acceptors (Lipinski definition) is 5. The minimum absolute atomic E-state index is 0.0212. The zero-order valence-electron chi connectivity index (χ0n) is 21.0. The van der Waals surface area contributed by atoms with Crippen molar-refractivity contribution in [3.8, 4) is 11.3 Å². The molecular weight excluding hydrogens is 459 g/mol. The first-order valence-corrected chi connectivity index (χ1v) is 11.7. The quantitative estimate of drug-likeness (QED) is 0.429. The highest BCUT2D eigenvalue weighted by Crippen LogP contribution is 2.30. The van der Waals surface area contributed by atoms with E-state index in [2.05, 4.69) is 42.4 Å². The van der Waals surface area contributed by atoms with E-state index in [1.165, 1.54) is 12.1 Å². The lowest BCUT2D eigenvalue weighted by atomic mass is 9.87. The van der Waals surface area contributed by atoms with Gasteiger partial charge in [0.25, 0.3) is 5.91 Å². The van der Waals surface area contributed by atoms with Crippen molar-refractivity contribution in [3.05, 3.63) is 65.9 Å². The van der Waals surface area contributed by atoms with Crippen molar-refractivity contribution >= 4 is 23.2 Å². The lowest BCUT2D eigenvalue weighted by molar-refractivity contribution is 0.0669. The maximum Gasteiger partial charge on any atom is 0.274 e. The molecule has 9 nitrogen and oxygen atoms in total. The number of amides is 1. The molecule has 0 bridgehead atoms. The summed E-state index contributed by atoms with van der Waals surface area (Å²) in [6, 6.07) is 8.13. The Labute approximate surface area is 209 Å². The molecule has 1 aromatic carbocycles. The van der Waals surface area contributed by atoms with Gasteiger partial charge >= 0.3 is 0 Å². The lowest BCUT2D eigenvalue weighted by Crippen LogP contribution is -2.49. The molecule has 1 amide bonds. The van der Waals surface area contributed by atoms with Gasteiger partial charge in [-0.1, -0.05) is 27.4 Å². The standard InChI is InChI=1S/C26H31FN8O/c1-16(23(29)30-17(2)28)33-10-12-34(13-11-33)25(36)22-15-35-24(31-22)20(26(3,4)5)14-21(32-35)18-6-8-19(27)9-7-18/h6-9,14-15H,1,10-13H2,2-5H3,(H3,28,29,30). The van der Waals surface area contributed by atoms with Gasteiger partial charge in [-0.25, -0.2) is 18.9 Å². The Balaban J connectivity index is 1.59. The molecule has 1 aliphatic rings. The number of amidine groups is 2. The van der Waals surface area contributed by atoms with Gasteiger partial charge in [-0.15, -0.1) is 0 Å². The van der Waals surface area contributed by atoms with Gasteiger partial charge in [0.2, 0.25) is 0 Å². The van der Waals surface area contributed by atoms with E-state index in [-0.39, 0.29) is 23.0 Å². The summed E-state index contributed by atoms with van der Waals surface area (Å²) in [5.41, 5.74) is 9.11.